The van der Waals surface area contributed by atoms with E-state index in [0.717, 1.165) is 6.54 Å². The molecule has 1 aromatic carbocycles. The zero-order valence-electron chi connectivity index (χ0n) is 11.7. The maximum absolute atomic E-state index is 12.4. The molecule has 0 radical (unpaired) electrons. The number of amides is 1. The van der Waals surface area contributed by atoms with Crippen LogP contribution in [-0.4, -0.2) is 39.3 Å². The van der Waals surface area contributed by atoms with Gasteiger partial charge in [0.05, 0.1) is 12.0 Å². The highest BCUT2D eigenvalue weighted by atomic mass is 19.3. The molecular weight excluding hydrogens is 282 g/mol. The molecule has 0 aliphatic carbocycles. The van der Waals surface area contributed by atoms with Gasteiger partial charge in [-0.25, -0.2) is 0 Å². The van der Waals surface area contributed by atoms with Crippen molar-refractivity contribution >= 4 is 11.6 Å². The minimum absolute atomic E-state index is 0.00754. The second kappa shape index (κ2) is 6.82. The van der Waals surface area contributed by atoms with E-state index < -0.39 is 12.0 Å². The molecule has 21 heavy (non-hydrogen) atoms. The predicted molar refractivity (Wildman–Crippen MR) is 73.5 cm³/mol. The summed E-state index contributed by atoms with van der Waals surface area (Å²) in [6, 6.07) is 5.94. The first-order valence-electron chi connectivity index (χ1n) is 6.62. The number of methoxy groups -OCH3 is 1. The number of alkyl halides is 2. The Bertz CT molecular complexity index is 491. The summed E-state index contributed by atoms with van der Waals surface area (Å²) in [5.74, 6) is -0.184. The van der Waals surface area contributed by atoms with Crippen LogP contribution in [0.15, 0.2) is 24.3 Å². The zero-order valence-corrected chi connectivity index (χ0v) is 11.7. The van der Waals surface area contributed by atoms with Crippen molar-refractivity contribution in [2.24, 2.45) is 5.41 Å². The molecule has 1 amide bonds. The van der Waals surface area contributed by atoms with Crippen molar-refractivity contribution in [2.75, 3.05) is 32.1 Å². The average molecular weight is 300 g/mol. The minimum atomic E-state index is -2.89. The Morgan fingerprint density at radius 1 is 1.52 bits per heavy atom. The van der Waals surface area contributed by atoms with Crippen molar-refractivity contribution in [1.82, 2.24) is 5.32 Å². The lowest BCUT2D eigenvalue weighted by molar-refractivity contribution is -0.127. The highest BCUT2D eigenvalue weighted by Crippen LogP contribution is 2.28. The monoisotopic (exact) mass is 300 g/mol. The Hall–Kier alpha value is -1.73. The molecule has 2 rings (SSSR count). The summed E-state index contributed by atoms with van der Waals surface area (Å²) in [6.45, 7) is -1.32. The fourth-order valence-electron chi connectivity index (χ4n) is 2.42. The normalized spacial score (nSPS) is 21.5. The van der Waals surface area contributed by atoms with Gasteiger partial charge in [-0.3, -0.25) is 4.79 Å². The van der Waals surface area contributed by atoms with Gasteiger partial charge in [0.25, 0.3) is 0 Å². The summed E-state index contributed by atoms with van der Waals surface area (Å²) in [6.07, 6.45) is 0.667. The third kappa shape index (κ3) is 3.89. The summed E-state index contributed by atoms with van der Waals surface area (Å²) in [7, 11) is 1.55. The van der Waals surface area contributed by atoms with Crippen molar-refractivity contribution in [1.29, 1.82) is 0 Å². The number of hydrogen-bond acceptors (Lipinski definition) is 4. The van der Waals surface area contributed by atoms with Crippen LogP contribution in [0.3, 0.4) is 0 Å². The minimum Gasteiger partial charge on any atom is -0.435 e. The van der Waals surface area contributed by atoms with Crippen molar-refractivity contribution in [3.8, 4) is 5.75 Å². The van der Waals surface area contributed by atoms with E-state index in [0.29, 0.717) is 25.3 Å². The van der Waals surface area contributed by atoms with Crippen LogP contribution in [0.5, 0.6) is 5.75 Å². The van der Waals surface area contributed by atoms with E-state index in [2.05, 4.69) is 15.4 Å². The Morgan fingerprint density at radius 3 is 2.95 bits per heavy atom. The number of benzene rings is 1. The molecule has 1 aromatic rings. The Morgan fingerprint density at radius 2 is 2.33 bits per heavy atom. The molecule has 0 bridgehead atoms. The lowest BCUT2D eigenvalue weighted by Gasteiger charge is -2.26. The third-order valence-corrected chi connectivity index (χ3v) is 3.46. The third-order valence-electron chi connectivity index (χ3n) is 3.46. The molecule has 5 nitrogen and oxygen atoms in total. The summed E-state index contributed by atoms with van der Waals surface area (Å²) in [5.41, 5.74) is -0.213. The second-order valence-electron chi connectivity index (χ2n) is 5.00. The van der Waals surface area contributed by atoms with E-state index in [9.17, 15) is 13.6 Å². The summed E-state index contributed by atoms with van der Waals surface area (Å²) in [4.78, 5) is 12.4. The quantitative estimate of drug-likeness (QED) is 0.842. The molecule has 7 heteroatoms. The largest absolute Gasteiger partial charge is 0.435 e. The maximum Gasteiger partial charge on any atom is 0.387 e. The van der Waals surface area contributed by atoms with Gasteiger partial charge in [0, 0.05) is 25.4 Å². The zero-order chi connectivity index (χ0) is 15.3. The van der Waals surface area contributed by atoms with Crippen molar-refractivity contribution in [3.05, 3.63) is 24.3 Å². The predicted octanol–water partition coefficient (Wildman–Crippen LogP) is 1.85. The molecule has 1 atom stereocenters. The van der Waals surface area contributed by atoms with Crippen LogP contribution in [0.1, 0.15) is 6.42 Å². The van der Waals surface area contributed by atoms with E-state index >= 15 is 0 Å². The van der Waals surface area contributed by atoms with Crippen molar-refractivity contribution in [2.45, 2.75) is 13.0 Å². The number of carbonyl (C=O) groups is 1. The number of hydrogen-bond donors (Lipinski definition) is 2. The van der Waals surface area contributed by atoms with Crippen LogP contribution < -0.4 is 15.4 Å². The SMILES string of the molecule is COCC1(C(=O)Nc2cccc(OC(F)F)c2)CCNC1. The lowest BCUT2D eigenvalue weighted by Crippen LogP contribution is -2.41. The second-order valence-corrected chi connectivity index (χ2v) is 5.00. The molecule has 1 fully saturated rings. The van der Waals surface area contributed by atoms with E-state index in [1.165, 1.54) is 12.1 Å². The van der Waals surface area contributed by atoms with Gasteiger partial charge in [-0.2, -0.15) is 8.78 Å². The topological polar surface area (TPSA) is 59.6 Å². The number of rotatable bonds is 6. The molecule has 1 heterocycles. The van der Waals surface area contributed by atoms with Gasteiger partial charge in [0.1, 0.15) is 5.75 Å². The van der Waals surface area contributed by atoms with E-state index in [1.807, 2.05) is 0 Å². The Kier molecular flexibility index (Phi) is 5.08. The molecular formula is C14H18F2N2O3. The number of carbonyl (C=O) groups excluding carboxylic acids is 1. The van der Waals surface area contributed by atoms with Gasteiger partial charge >= 0.3 is 6.61 Å². The van der Waals surface area contributed by atoms with Gasteiger partial charge in [-0.1, -0.05) is 6.07 Å². The fourth-order valence-corrected chi connectivity index (χ4v) is 2.42. The molecule has 1 aliphatic rings. The van der Waals surface area contributed by atoms with Gasteiger partial charge in [-0.05, 0) is 25.1 Å². The van der Waals surface area contributed by atoms with E-state index in [4.69, 9.17) is 4.74 Å². The number of nitrogens with one attached hydrogen (secondary N) is 2. The van der Waals surface area contributed by atoms with E-state index in [1.54, 1.807) is 19.2 Å². The standard InChI is InChI=1S/C14H18F2N2O3/c1-20-9-14(5-6-17-8-14)12(19)18-10-3-2-4-11(7-10)21-13(15)16/h2-4,7,13,17H,5-6,8-9H2,1H3,(H,18,19). The van der Waals surface area contributed by atoms with Crippen LogP contribution >= 0.6 is 0 Å². The van der Waals surface area contributed by atoms with Crippen LogP contribution in [-0.2, 0) is 9.53 Å². The Labute approximate surface area is 121 Å². The Balaban J connectivity index is 2.08. The summed E-state index contributed by atoms with van der Waals surface area (Å²) < 4.78 is 33.8. The lowest BCUT2D eigenvalue weighted by atomic mass is 9.87. The van der Waals surface area contributed by atoms with Gasteiger partial charge in [0.2, 0.25) is 5.91 Å². The molecule has 0 saturated carbocycles. The fraction of sp³-hybridized carbons (Fsp3) is 0.500. The molecule has 116 valence electrons. The molecule has 1 unspecified atom stereocenters. The first kappa shape index (κ1) is 15.7. The summed E-state index contributed by atoms with van der Waals surface area (Å²) in [5, 5.41) is 5.88. The number of ether oxygens (including phenoxy) is 2. The molecule has 1 saturated heterocycles. The maximum atomic E-state index is 12.4. The number of halogens is 2. The van der Waals surface area contributed by atoms with Crippen molar-refractivity contribution < 1.29 is 23.0 Å². The molecule has 1 aliphatic heterocycles. The van der Waals surface area contributed by atoms with Gasteiger partial charge < -0.3 is 20.1 Å². The first-order chi connectivity index (χ1) is 10.1. The first-order valence-corrected chi connectivity index (χ1v) is 6.62. The van der Waals surface area contributed by atoms with Crippen molar-refractivity contribution in [3.63, 3.8) is 0 Å². The van der Waals surface area contributed by atoms with Crippen LogP contribution in [0.25, 0.3) is 0 Å². The van der Waals surface area contributed by atoms with E-state index in [-0.39, 0.29) is 11.7 Å². The molecule has 0 spiro atoms. The molecule has 2 N–H and O–H groups in total. The average Bonchev–Trinajstić information content (AvgIpc) is 2.88. The highest BCUT2D eigenvalue weighted by molar-refractivity contribution is 5.96. The molecule has 0 aromatic heterocycles. The highest BCUT2D eigenvalue weighted by Gasteiger charge is 2.41. The van der Waals surface area contributed by atoms with Crippen LogP contribution in [0, 0.1) is 5.41 Å². The summed E-state index contributed by atoms with van der Waals surface area (Å²) >= 11 is 0. The van der Waals surface area contributed by atoms with Crippen LogP contribution in [0.2, 0.25) is 0 Å². The smallest absolute Gasteiger partial charge is 0.387 e. The van der Waals surface area contributed by atoms with Gasteiger partial charge in [-0.15, -0.1) is 0 Å². The van der Waals surface area contributed by atoms with Gasteiger partial charge in [0.15, 0.2) is 0 Å². The van der Waals surface area contributed by atoms with Crippen LogP contribution in [0.4, 0.5) is 14.5 Å². The number of anilines is 1.